The van der Waals surface area contributed by atoms with Gasteiger partial charge in [-0.15, -0.1) is 0 Å². The second-order valence-electron chi connectivity index (χ2n) is 14.4. The molecule has 6 rings (SSSR count). The van der Waals surface area contributed by atoms with E-state index in [9.17, 15) is 8.78 Å². The second kappa shape index (κ2) is 16.1. The van der Waals surface area contributed by atoms with Gasteiger partial charge < -0.3 is 10.2 Å². The number of hydrogen-bond donors (Lipinski definition) is 1. The van der Waals surface area contributed by atoms with Crippen LogP contribution in [0.2, 0.25) is 0 Å². The number of halogens is 5. The second-order valence-corrected chi connectivity index (χ2v) is 16.4. The van der Waals surface area contributed by atoms with Gasteiger partial charge in [0.1, 0.15) is 11.6 Å². The minimum absolute atomic E-state index is 0.0318. The number of nitrogens with one attached hydrogen (secondary N) is 1. The first-order valence-electron chi connectivity index (χ1n) is 17.9. The predicted octanol–water partition coefficient (Wildman–Crippen LogP) is 9.95. The quantitative estimate of drug-likeness (QED) is 0.193. The average molecular weight is 705 g/mol. The minimum atomic E-state index is -3.44. The molecular formula is C39H53F5N4S. The van der Waals surface area contributed by atoms with Gasteiger partial charge in [-0.05, 0) is 101 Å². The molecule has 0 spiro atoms. The molecule has 1 aromatic rings. The lowest BCUT2D eigenvalue weighted by atomic mass is 9.84. The fourth-order valence-electron chi connectivity index (χ4n) is 7.87. The van der Waals surface area contributed by atoms with Gasteiger partial charge in [-0.25, -0.2) is 26.9 Å². The molecule has 0 radical (unpaired) electrons. The molecule has 0 saturated carbocycles. The zero-order valence-electron chi connectivity index (χ0n) is 29.4. The summed E-state index contributed by atoms with van der Waals surface area (Å²) in [5, 5.41) is 3.35. The Morgan fingerprint density at radius 2 is 1.65 bits per heavy atom. The summed E-state index contributed by atoms with van der Waals surface area (Å²) >= 11 is 0. The van der Waals surface area contributed by atoms with Crippen LogP contribution < -0.4 is 5.32 Å². The third kappa shape index (κ3) is 8.43. The van der Waals surface area contributed by atoms with Gasteiger partial charge in [0.2, 0.25) is 0 Å². The SMILES string of the molecule is C=C1N[C@H](C)c2cccc(c2F)C(F)(F)C2CCN(CC2)C(C(F)F)CCCCCCN2C(=C)C(C3CCS(=C)CC3)=CC1=C2N=C(C)C. The highest BCUT2D eigenvalue weighted by atomic mass is 32.2. The molecule has 6 bridgehead atoms. The highest BCUT2D eigenvalue weighted by Crippen LogP contribution is 2.45. The molecule has 0 aliphatic carbocycles. The van der Waals surface area contributed by atoms with E-state index in [2.05, 4.69) is 35.3 Å². The van der Waals surface area contributed by atoms with Gasteiger partial charge in [0.25, 0.3) is 12.3 Å². The molecule has 1 aromatic carbocycles. The third-order valence-electron chi connectivity index (χ3n) is 10.7. The van der Waals surface area contributed by atoms with E-state index >= 15 is 13.2 Å². The average Bonchev–Trinajstić information content (AvgIpc) is 3.05. The van der Waals surface area contributed by atoms with E-state index in [1.165, 1.54) is 12.1 Å². The summed E-state index contributed by atoms with van der Waals surface area (Å²) < 4.78 is 76.8. The molecule has 5 aliphatic rings. The van der Waals surface area contributed by atoms with Crippen molar-refractivity contribution in [1.29, 1.82) is 0 Å². The van der Waals surface area contributed by atoms with Crippen LogP contribution in [0.3, 0.4) is 0 Å². The van der Waals surface area contributed by atoms with Crippen LogP contribution in [0.5, 0.6) is 0 Å². The van der Waals surface area contributed by atoms with Gasteiger partial charge in [-0.3, -0.25) is 4.90 Å². The fraction of sp³-hybridized carbons (Fsp3) is 0.590. The minimum Gasteiger partial charge on any atom is -0.378 e. The molecule has 0 aromatic heterocycles. The number of piperidine rings is 1. The monoisotopic (exact) mass is 704 g/mol. The molecule has 2 atom stereocenters. The Morgan fingerprint density at radius 1 is 0.980 bits per heavy atom. The van der Waals surface area contributed by atoms with E-state index < -0.39 is 41.7 Å². The summed E-state index contributed by atoms with van der Waals surface area (Å²) in [5.74, 6) is 1.89. The van der Waals surface area contributed by atoms with Crippen molar-refractivity contribution in [3.8, 4) is 0 Å². The first kappa shape index (κ1) is 37.5. The van der Waals surface area contributed by atoms with Gasteiger partial charge in [-0.1, -0.05) is 56.5 Å². The Kier molecular flexibility index (Phi) is 12.3. The first-order valence-corrected chi connectivity index (χ1v) is 19.6. The largest absolute Gasteiger partial charge is 0.378 e. The predicted molar refractivity (Wildman–Crippen MR) is 195 cm³/mol. The molecular weight excluding hydrogens is 652 g/mol. The third-order valence-corrected chi connectivity index (χ3v) is 12.4. The van der Waals surface area contributed by atoms with E-state index in [-0.39, 0.29) is 42.0 Å². The molecule has 5 aliphatic heterocycles. The van der Waals surface area contributed by atoms with Crippen molar-refractivity contribution >= 4 is 22.1 Å². The van der Waals surface area contributed by atoms with Crippen LogP contribution in [0.4, 0.5) is 22.0 Å². The van der Waals surface area contributed by atoms with Crippen molar-refractivity contribution < 1.29 is 22.0 Å². The number of benzene rings is 1. The van der Waals surface area contributed by atoms with Crippen LogP contribution in [-0.2, 0) is 5.92 Å². The van der Waals surface area contributed by atoms with Gasteiger partial charge in [0.15, 0.2) is 0 Å². The number of nitrogens with zero attached hydrogens (tertiary/aromatic N) is 3. The zero-order valence-corrected chi connectivity index (χ0v) is 30.2. The van der Waals surface area contributed by atoms with Crippen molar-refractivity contribution in [3.05, 3.63) is 82.7 Å². The highest BCUT2D eigenvalue weighted by Gasteiger charge is 2.46. The topological polar surface area (TPSA) is 30.9 Å². The molecule has 270 valence electrons. The van der Waals surface area contributed by atoms with Crippen LogP contribution in [0.1, 0.15) is 95.7 Å². The van der Waals surface area contributed by atoms with E-state index in [0.717, 1.165) is 72.2 Å². The van der Waals surface area contributed by atoms with Crippen LogP contribution >= 0.6 is 10.5 Å². The summed E-state index contributed by atoms with van der Waals surface area (Å²) in [6.45, 7) is 15.5. The van der Waals surface area contributed by atoms with Crippen LogP contribution in [-0.4, -0.2) is 65.0 Å². The molecule has 49 heavy (non-hydrogen) atoms. The summed E-state index contributed by atoms with van der Waals surface area (Å²) in [6, 6.07) is 2.52. The van der Waals surface area contributed by atoms with E-state index in [1.807, 2.05) is 13.8 Å². The molecule has 2 saturated heterocycles. The van der Waals surface area contributed by atoms with Crippen LogP contribution in [0.25, 0.3) is 0 Å². The smallest absolute Gasteiger partial charge is 0.278 e. The van der Waals surface area contributed by atoms with Crippen molar-refractivity contribution in [3.63, 3.8) is 0 Å². The van der Waals surface area contributed by atoms with Crippen molar-refractivity contribution in [2.24, 2.45) is 16.8 Å². The van der Waals surface area contributed by atoms with Gasteiger partial charge in [0, 0.05) is 40.7 Å². The zero-order chi connectivity index (χ0) is 35.5. The Bertz CT molecular complexity index is 1490. The Morgan fingerprint density at radius 3 is 2.31 bits per heavy atom. The molecule has 10 heteroatoms. The summed E-state index contributed by atoms with van der Waals surface area (Å²) in [6.07, 6.45) is 5.04. The number of hydrogen-bond acceptors (Lipinski definition) is 4. The first-order chi connectivity index (χ1) is 23.3. The maximum Gasteiger partial charge on any atom is 0.278 e. The number of rotatable bonds is 3. The maximum atomic E-state index is 16.2. The van der Waals surface area contributed by atoms with E-state index in [0.29, 0.717) is 36.8 Å². The number of aliphatic imine (C=N–C) groups is 1. The molecule has 2 fully saturated rings. The summed E-state index contributed by atoms with van der Waals surface area (Å²) in [4.78, 5) is 8.79. The van der Waals surface area contributed by atoms with Crippen molar-refractivity contribution in [1.82, 2.24) is 15.1 Å². The Balaban J connectivity index is 1.55. The molecule has 4 nitrogen and oxygen atoms in total. The lowest BCUT2D eigenvalue weighted by Gasteiger charge is -2.40. The Labute approximate surface area is 292 Å². The van der Waals surface area contributed by atoms with Crippen molar-refractivity contribution in [2.75, 3.05) is 31.1 Å². The van der Waals surface area contributed by atoms with Crippen LogP contribution in [0.15, 0.2) is 70.8 Å². The summed E-state index contributed by atoms with van der Waals surface area (Å²) in [5.41, 5.74) is 3.65. The number of alkyl halides is 4. The summed E-state index contributed by atoms with van der Waals surface area (Å²) in [7, 11) is 0.156. The standard InChI is InChI=1S/C39H53F5N4S/c1-25(2)45-38-32-24-33(29-17-22-49(6)23-18-29)28(5)48(38)19-10-8-7-9-14-35(37(41)42)47-20-15-30(16-21-47)39(43,44)34-13-11-12-31(36(34)40)26(3)46-27(32)4/h11-13,24,26,29-30,35,37,46H,4-10,14-23H2,1-3H3/t26-,29?,35?,49?/m1/s1. The number of allylic oxidation sites excluding steroid dienone is 2. The van der Waals surface area contributed by atoms with Crippen LogP contribution in [0, 0.1) is 17.7 Å². The molecule has 1 unspecified atom stereocenters. The molecule has 5 heterocycles. The van der Waals surface area contributed by atoms with Gasteiger partial charge in [0.05, 0.1) is 17.6 Å². The maximum absolute atomic E-state index is 16.2. The van der Waals surface area contributed by atoms with Crippen molar-refractivity contribution in [2.45, 2.75) is 103 Å². The van der Waals surface area contributed by atoms with Gasteiger partial charge in [-0.2, -0.15) is 10.5 Å². The van der Waals surface area contributed by atoms with Gasteiger partial charge >= 0.3 is 0 Å². The number of fused-ring (bicyclic) bond motifs is 10. The molecule has 1 N–H and O–H groups in total. The fourth-order valence-corrected chi connectivity index (χ4v) is 9.31. The lowest BCUT2D eigenvalue weighted by molar-refractivity contribution is -0.0976. The van der Waals surface area contributed by atoms with E-state index in [4.69, 9.17) is 4.99 Å². The van der Waals surface area contributed by atoms with E-state index in [1.54, 1.807) is 11.8 Å². The lowest BCUT2D eigenvalue weighted by Crippen LogP contribution is -2.47. The molecule has 0 amide bonds. The normalized spacial score (nSPS) is 30.4. The Hall–Kier alpha value is -2.72. The highest BCUT2D eigenvalue weighted by molar-refractivity contribution is 8.14.